The Labute approximate surface area is 152 Å². The zero-order valence-electron chi connectivity index (χ0n) is 15.9. The van der Waals surface area contributed by atoms with Crippen LogP contribution in [0.2, 0.25) is 0 Å². The lowest BCUT2D eigenvalue weighted by atomic mass is 10.0. The second-order valence-electron chi connectivity index (χ2n) is 7.48. The maximum atomic E-state index is 4.87. The van der Waals surface area contributed by atoms with Crippen LogP contribution in [0.1, 0.15) is 56.4 Å². The number of aryl methyl sites for hydroxylation is 1. The molecule has 0 fully saturated rings. The van der Waals surface area contributed by atoms with Gasteiger partial charge in [-0.25, -0.2) is 19.9 Å². The van der Waals surface area contributed by atoms with Gasteiger partial charge in [0.05, 0.1) is 30.4 Å². The van der Waals surface area contributed by atoms with E-state index in [0.717, 1.165) is 28.0 Å². The van der Waals surface area contributed by atoms with Crippen LogP contribution >= 0.6 is 0 Å². The normalized spacial score (nSPS) is 12.1. The van der Waals surface area contributed by atoms with Gasteiger partial charge in [0, 0.05) is 13.2 Å². The zero-order valence-corrected chi connectivity index (χ0v) is 15.9. The topological polar surface area (TPSA) is 61.4 Å². The molecule has 6 heteroatoms. The molecule has 0 aliphatic heterocycles. The summed E-state index contributed by atoms with van der Waals surface area (Å²) in [5.74, 6) is 0.802. The smallest absolute Gasteiger partial charge is 0.177 e. The molecule has 4 aromatic heterocycles. The maximum absolute atomic E-state index is 4.87. The summed E-state index contributed by atoms with van der Waals surface area (Å²) in [7, 11) is 1.99. The van der Waals surface area contributed by atoms with E-state index in [1.165, 1.54) is 11.1 Å². The van der Waals surface area contributed by atoms with E-state index in [1.807, 2.05) is 30.5 Å². The summed E-state index contributed by atoms with van der Waals surface area (Å²) >= 11 is 0. The molecule has 0 aromatic carbocycles. The van der Waals surface area contributed by atoms with Crippen molar-refractivity contribution in [2.75, 3.05) is 0 Å². The molecule has 26 heavy (non-hydrogen) atoms. The summed E-state index contributed by atoms with van der Waals surface area (Å²) < 4.78 is 4.14. The molecule has 0 aliphatic carbocycles. The first-order valence-electron chi connectivity index (χ1n) is 9.06. The number of nitrogens with zero attached hydrogens (tertiary/aromatic N) is 6. The van der Waals surface area contributed by atoms with Crippen molar-refractivity contribution in [3.05, 3.63) is 47.8 Å². The minimum Gasteiger partial charge on any atom is -0.323 e. The van der Waals surface area contributed by atoms with Gasteiger partial charge in [-0.2, -0.15) is 0 Å². The van der Waals surface area contributed by atoms with Crippen molar-refractivity contribution in [3.63, 3.8) is 0 Å². The molecule has 0 N–H and O–H groups in total. The van der Waals surface area contributed by atoms with Gasteiger partial charge in [-0.15, -0.1) is 0 Å². The van der Waals surface area contributed by atoms with Crippen LogP contribution in [0.25, 0.3) is 22.3 Å². The molecule has 0 radical (unpaired) electrons. The molecule has 4 aromatic rings. The Morgan fingerprint density at radius 3 is 2.46 bits per heavy atom. The van der Waals surface area contributed by atoms with Gasteiger partial charge in [0.2, 0.25) is 0 Å². The Morgan fingerprint density at radius 2 is 1.73 bits per heavy atom. The summed E-state index contributed by atoms with van der Waals surface area (Å²) in [6, 6.07) is 4.26. The minimum atomic E-state index is 0.390. The fourth-order valence-corrected chi connectivity index (χ4v) is 3.49. The average Bonchev–Trinajstić information content (AvgIpc) is 3.18. The van der Waals surface area contributed by atoms with E-state index in [0.29, 0.717) is 18.4 Å². The lowest BCUT2D eigenvalue weighted by Crippen LogP contribution is -2.06. The van der Waals surface area contributed by atoms with Crippen LogP contribution in [0.4, 0.5) is 0 Å². The predicted octanol–water partition coefficient (Wildman–Crippen LogP) is 4.01. The number of hydrogen-bond donors (Lipinski definition) is 0. The molecule has 4 heterocycles. The van der Waals surface area contributed by atoms with E-state index in [2.05, 4.69) is 59.3 Å². The first-order valence-corrected chi connectivity index (χ1v) is 9.06. The number of imidazole rings is 2. The summed E-state index contributed by atoms with van der Waals surface area (Å²) in [4.78, 5) is 18.3. The third-order valence-electron chi connectivity index (χ3n) is 4.87. The van der Waals surface area contributed by atoms with Crippen LogP contribution < -0.4 is 0 Å². The van der Waals surface area contributed by atoms with Crippen LogP contribution in [0.3, 0.4) is 0 Å². The van der Waals surface area contributed by atoms with Gasteiger partial charge < -0.3 is 9.13 Å². The van der Waals surface area contributed by atoms with E-state index in [1.54, 1.807) is 0 Å². The van der Waals surface area contributed by atoms with Crippen LogP contribution in [0.15, 0.2) is 31.0 Å². The van der Waals surface area contributed by atoms with Gasteiger partial charge >= 0.3 is 0 Å². The van der Waals surface area contributed by atoms with Crippen LogP contribution in [-0.2, 0) is 13.6 Å². The summed E-state index contributed by atoms with van der Waals surface area (Å²) in [5, 5.41) is 0. The molecule has 134 valence electrons. The van der Waals surface area contributed by atoms with Crippen molar-refractivity contribution in [3.8, 4) is 0 Å². The van der Waals surface area contributed by atoms with Gasteiger partial charge in [0.15, 0.2) is 11.3 Å². The SMILES string of the molecule is CC(C)c1cc(Cn2cnc3nccc(C(C)C)c32)nc2c1ncn2C. The largest absolute Gasteiger partial charge is 0.323 e. The lowest BCUT2D eigenvalue weighted by Gasteiger charge is -2.13. The highest BCUT2D eigenvalue weighted by Crippen LogP contribution is 2.26. The van der Waals surface area contributed by atoms with Crippen LogP contribution in [0.5, 0.6) is 0 Å². The Kier molecular flexibility index (Phi) is 3.98. The quantitative estimate of drug-likeness (QED) is 0.559. The molecule has 0 amide bonds. The van der Waals surface area contributed by atoms with E-state index in [-0.39, 0.29) is 0 Å². The third kappa shape index (κ3) is 2.66. The van der Waals surface area contributed by atoms with Crippen LogP contribution in [0, 0.1) is 0 Å². The Hall–Kier alpha value is -2.76. The number of fused-ring (bicyclic) bond motifs is 2. The number of pyridine rings is 2. The summed E-state index contributed by atoms with van der Waals surface area (Å²) in [6.07, 6.45) is 5.54. The molecule has 0 bridgehead atoms. The molecule has 4 rings (SSSR count). The molecule has 0 aliphatic rings. The van der Waals surface area contributed by atoms with Gasteiger partial charge in [-0.05, 0) is 35.1 Å². The van der Waals surface area contributed by atoms with Crippen molar-refractivity contribution in [2.24, 2.45) is 7.05 Å². The molecule has 0 atom stereocenters. The molecule has 0 saturated heterocycles. The van der Waals surface area contributed by atoms with Crippen molar-refractivity contribution >= 4 is 22.3 Å². The Morgan fingerprint density at radius 1 is 0.962 bits per heavy atom. The highest BCUT2D eigenvalue weighted by atomic mass is 15.1. The molecule has 0 saturated carbocycles. The van der Waals surface area contributed by atoms with E-state index >= 15 is 0 Å². The monoisotopic (exact) mass is 348 g/mol. The van der Waals surface area contributed by atoms with E-state index in [4.69, 9.17) is 4.98 Å². The average molecular weight is 348 g/mol. The number of aromatic nitrogens is 6. The Bertz CT molecular complexity index is 1090. The molecule has 6 nitrogen and oxygen atoms in total. The summed E-state index contributed by atoms with van der Waals surface area (Å²) in [6.45, 7) is 9.45. The number of hydrogen-bond acceptors (Lipinski definition) is 4. The van der Waals surface area contributed by atoms with Crippen molar-refractivity contribution < 1.29 is 0 Å². The second-order valence-corrected chi connectivity index (χ2v) is 7.48. The molecule has 0 unspecified atom stereocenters. The lowest BCUT2D eigenvalue weighted by molar-refractivity contribution is 0.775. The fraction of sp³-hybridized carbons (Fsp3) is 0.400. The van der Waals surface area contributed by atoms with Crippen molar-refractivity contribution in [1.29, 1.82) is 0 Å². The minimum absolute atomic E-state index is 0.390. The van der Waals surface area contributed by atoms with Crippen molar-refractivity contribution in [2.45, 2.75) is 46.1 Å². The number of rotatable bonds is 4. The van der Waals surface area contributed by atoms with E-state index < -0.39 is 0 Å². The molecular formula is C20H24N6. The zero-order chi connectivity index (χ0) is 18.4. The second kappa shape index (κ2) is 6.20. The van der Waals surface area contributed by atoms with Gasteiger partial charge in [-0.3, -0.25) is 0 Å². The van der Waals surface area contributed by atoms with Gasteiger partial charge in [0.25, 0.3) is 0 Å². The standard InChI is InChI=1S/C20H24N6/c1-12(2)15-6-7-21-19-18(15)26(11-23-19)9-14-8-16(13(3)4)17-20(24-14)25(5)10-22-17/h6-8,10-13H,9H2,1-5H3. The fourth-order valence-electron chi connectivity index (χ4n) is 3.49. The molecule has 0 spiro atoms. The van der Waals surface area contributed by atoms with Gasteiger partial charge in [0.1, 0.15) is 5.52 Å². The highest BCUT2D eigenvalue weighted by Gasteiger charge is 2.16. The first-order chi connectivity index (χ1) is 12.5. The van der Waals surface area contributed by atoms with Crippen LogP contribution in [-0.4, -0.2) is 29.1 Å². The molecular weight excluding hydrogens is 324 g/mol. The van der Waals surface area contributed by atoms with Gasteiger partial charge in [-0.1, -0.05) is 27.7 Å². The van der Waals surface area contributed by atoms with E-state index in [9.17, 15) is 0 Å². The van der Waals surface area contributed by atoms with Crippen molar-refractivity contribution in [1.82, 2.24) is 29.1 Å². The summed E-state index contributed by atoms with van der Waals surface area (Å²) in [5.41, 5.74) is 7.32. The highest BCUT2D eigenvalue weighted by molar-refractivity contribution is 5.77. The first kappa shape index (κ1) is 16.7. The third-order valence-corrected chi connectivity index (χ3v) is 4.87. The Balaban J connectivity index is 1.85. The maximum Gasteiger partial charge on any atom is 0.177 e. The predicted molar refractivity (Wildman–Crippen MR) is 103 cm³/mol.